The average molecular weight is 646 g/mol. The standard InChI is InChI=1S/C34H47NO11/c1-7-35-15-31(16-41-3)21(38)12-22(42-4)34-20-13-32(40)23(43-5)14-33(46-17(2)36,25(28(34)35)26(44-6)27(31)34)24(20)29(32)45-30(39)18-8-10-19(37)11-9-18/h8-11,20-29,37-38,40H,7,12-16H2,1-6H3/t20-,21?,22?,23+,24-,25?,26?,27-,28?,29-,31+,32+,33-,34?/m1/s1. The number of hydrogen-bond donors (Lipinski definition) is 3. The van der Waals surface area contributed by atoms with Gasteiger partial charge in [0.1, 0.15) is 23.1 Å². The minimum absolute atomic E-state index is 0.00800. The molecule has 7 rings (SSSR count). The molecule has 1 heterocycles. The maximum absolute atomic E-state index is 13.8. The van der Waals surface area contributed by atoms with Gasteiger partial charge in [-0.05, 0) is 43.1 Å². The summed E-state index contributed by atoms with van der Waals surface area (Å²) in [7, 11) is 6.50. The summed E-state index contributed by atoms with van der Waals surface area (Å²) in [6, 6.07) is 5.56. The third-order valence-corrected chi connectivity index (χ3v) is 13.2. The quantitative estimate of drug-likeness (QED) is 0.333. The highest BCUT2D eigenvalue weighted by Gasteiger charge is 2.90. The Kier molecular flexibility index (Phi) is 7.60. The van der Waals surface area contributed by atoms with E-state index in [0.717, 1.165) is 0 Å². The van der Waals surface area contributed by atoms with Crippen LogP contribution in [0.2, 0.25) is 0 Å². The third kappa shape index (κ3) is 3.75. The highest BCUT2D eigenvalue weighted by molar-refractivity contribution is 5.89. The molecule has 6 fully saturated rings. The Bertz CT molecular complexity index is 1380. The number of hydrogen-bond acceptors (Lipinski definition) is 12. The molecule has 6 unspecified atom stereocenters. The minimum atomic E-state index is -1.61. The van der Waals surface area contributed by atoms with Crippen molar-refractivity contribution in [2.75, 3.05) is 48.1 Å². The normalized spacial score (nSPS) is 48.3. The molecule has 7 bridgehead atoms. The molecule has 6 aliphatic rings. The molecular weight excluding hydrogens is 598 g/mol. The second kappa shape index (κ2) is 10.8. The van der Waals surface area contributed by atoms with Crippen LogP contribution in [-0.2, 0) is 33.2 Å². The van der Waals surface area contributed by atoms with Crippen molar-refractivity contribution in [3.05, 3.63) is 29.8 Å². The zero-order chi connectivity index (χ0) is 33.0. The number of ether oxygens (including phenoxy) is 6. The van der Waals surface area contributed by atoms with Gasteiger partial charge in [0.25, 0.3) is 0 Å². The van der Waals surface area contributed by atoms with E-state index in [9.17, 15) is 24.9 Å². The number of benzene rings is 1. The van der Waals surface area contributed by atoms with E-state index in [0.29, 0.717) is 19.5 Å². The van der Waals surface area contributed by atoms with Crippen molar-refractivity contribution in [2.45, 2.75) is 80.9 Å². The number of likely N-dealkylation sites (tertiary alicyclic amines) is 1. The van der Waals surface area contributed by atoms with E-state index in [1.807, 2.05) is 0 Å². The fourth-order valence-corrected chi connectivity index (χ4v) is 12.2. The molecule has 1 aromatic rings. The van der Waals surface area contributed by atoms with Crippen molar-refractivity contribution in [1.82, 2.24) is 4.90 Å². The van der Waals surface area contributed by atoms with E-state index in [2.05, 4.69) is 11.8 Å². The lowest BCUT2D eigenvalue weighted by molar-refractivity contribution is -0.300. The van der Waals surface area contributed by atoms with Gasteiger partial charge in [0, 0.05) is 89.4 Å². The monoisotopic (exact) mass is 645 g/mol. The number of methoxy groups -OCH3 is 4. The summed E-state index contributed by atoms with van der Waals surface area (Å²) in [6.45, 7) is 4.98. The van der Waals surface area contributed by atoms with Crippen molar-refractivity contribution < 1.29 is 53.3 Å². The van der Waals surface area contributed by atoms with Crippen LogP contribution in [0.5, 0.6) is 5.75 Å². The van der Waals surface area contributed by atoms with Crippen LogP contribution in [0.3, 0.4) is 0 Å². The number of phenolic OH excluding ortho intramolecular Hbond substituents is 1. The fourth-order valence-electron chi connectivity index (χ4n) is 12.2. The molecule has 1 spiro atoms. The van der Waals surface area contributed by atoms with Crippen molar-refractivity contribution in [2.24, 2.45) is 34.5 Å². The molecule has 5 saturated carbocycles. The lowest BCUT2D eigenvalue weighted by Crippen LogP contribution is -2.79. The summed E-state index contributed by atoms with van der Waals surface area (Å²) in [5.74, 6) is -2.84. The highest BCUT2D eigenvalue weighted by atomic mass is 16.6. The second-order valence-corrected chi connectivity index (χ2v) is 14.5. The Labute approximate surface area is 269 Å². The summed E-state index contributed by atoms with van der Waals surface area (Å²) >= 11 is 0. The Morgan fingerprint density at radius 2 is 1.70 bits per heavy atom. The number of carbonyl (C=O) groups excluding carboxylic acids is 2. The number of esters is 2. The van der Waals surface area contributed by atoms with E-state index in [4.69, 9.17) is 28.4 Å². The van der Waals surface area contributed by atoms with Crippen molar-refractivity contribution >= 4 is 11.9 Å². The maximum atomic E-state index is 13.8. The Morgan fingerprint density at radius 3 is 2.28 bits per heavy atom. The van der Waals surface area contributed by atoms with Crippen LogP contribution in [-0.4, -0.2) is 128 Å². The molecule has 254 valence electrons. The molecule has 46 heavy (non-hydrogen) atoms. The van der Waals surface area contributed by atoms with Crippen LogP contribution in [0.4, 0.5) is 0 Å². The maximum Gasteiger partial charge on any atom is 0.338 e. The first kappa shape index (κ1) is 32.2. The fraction of sp³-hybridized carbons (Fsp3) is 0.765. The molecule has 5 aliphatic carbocycles. The number of carbonyl (C=O) groups is 2. The van der Waals surface area contributed by atoms with Crippen LogP contribution in [0, 0.1) is 34.5 Å². The molecule has 3 N–H and O–H groups in total. The van der Waals surface area contributed by atoms with Crippen LogP contribution < -0.4 is 0 Å². The topological polar surface area (TPSA) is 153 Å². The first-order valence-electron chi connectivity index (χ1n) is 16.4. The van der Waals surface area contributed by atoms with Crippen molar-refractivity contribution in [3.63, 3.8) is 0 Å². The van der Waals surface area contributed by atoms with Gasteiger partial charge < -0.3 is 43.7 Å². The zero-order valence-corrected chi connectivity index (χ0v) is 27.4. The smallest absolute Gasteiger partial charge is 0.338 e. The zero-order valence-electron chi connectivity index (χ0n) is 27.4. The highest BCUT2D eigenvalue weighted by Crippen LogP contribution is 2.80. The first-order chi connectivity index (χ1) is 21.9. The summed E-state index contributed by atoms with van der Waals surface area (Å²) in [6.07, 6.45) is -2.84. The van der Waals surface area contributed by atoms with E-state index in [1.54, 1.807) is 21.3 Å². The molecule has 14 atom stereocenters. The van der Waals surface area contributed by atoms with Gasteiger partial charge in [0.15, 0.2) is 0 Å². The van der Waals surface area contributed by atoms with Crippen LogP contribution in [0.15, 0.2) is 24.3 Å². The number of phenols is 1. The van der Waals surface area contributed by atoms with Crippen molar-refractivity contribution in [3.8, 4) is 5.75 Å². The number of aliphatic hydroxyl groups is 2. The number of piperidine rings is 1. The van der Waals surface area contributed by atoms with Gasteiger partial charge in [0.2, 0.25) is 0 Å². The minimum Gasteiger partial charge on any atom is -0.508 e. The van der Waals surface area contributed by atoms with Gasteiger partial charge in [-0.1, -0.05) is 6.92 Å². The molecule has 12 nitrogen and oxygen atoms in total. The Balaban J connectivity index is 1.49. The number of aromatic hydroxyl groups is 1. The summed E-state index contributed by atoms with van der Waals surface area (Å²) in [5, 5.41) is 34.6. The van der Waals surface area contributed by atoms with E-state index in [1.165, 1.54) is 38.3 Å². The molecule has 1 aromatic carbocycles. The predicted molar refractivity (Wildman–Crippen MR) is 161 cm³/mol. The van der Waals surface area contributed by atoms with Crippen molar-refractivity contribution in [1.29, 1.82) is 0 Å². The van der Waals surface area contributed by atoms with E-state index >= 15 is 0 Å². The summed E-state index contributed by atoms with van der Waals surface area (Å²) in [5.41, 5.74) is -4.05. The van der Waals surface area contributed by atoms with Gasteiger partial charge in [-0.2, -0.15) is 0 Å². The van der Waals surface area contributed by atoms with Gasteiger partial charge in [-0.15, -0.1) is 0 Å². The molecule has 12 heteroatoms. The van der Waals surface area contributed by atoms with Crippen LogP contribution in [0.25, 0.3) is 0 Å². The van der Waals surface area contributed by atoms with Gasteiger partial charge in [0.05, 0.1) is 36.6 Å². The van der Waals surface area contributed by atoms with Crippen LogP contribution >= 0.6 is 0 Å². The lowest BCUT2D eigenvalue weighted by Gasteiger charge is -2.70. The largest absolute Gasteiger partial charge is 0.508 e. The SMILES string of the molecule is CCN1C[C@]2(COC)C(O)CC(OC)C34C1C(C(OC)[C@@H]32)[C@@]1(OC(C)=O)C[C@H](OC)[C@@]2(O)C[C@@H]4[C@@H]1[C@H]2OC(=O)c1ccc(O)cc1. The third-order valence-electron chi connectivity index (χ3n) is 13.2. The summed E-state index contributed by atoms with van der Waals surface area (Å²) < 4.78 is 37.7. The second-order valence-electron chi connectivity index (χ2n) is 14.5. The molecule has 1 saturated heterocycles. The van der Waals surface area contributed by atoms with E-state index in [-0.39, 0.29) is 48.6 Å². The summed E-state index contributed by atoms with van der Waals surface area (Å²) in [4.78, 5) is 29.4. The predicted octanol–water partition coefficient (Wildman–Crippen LogP) is 1.38. The molecule has 0 radical (unpaired) electrons. The molecule has 0 aromatic heterocycles. The van der Waals surface area contributed by atoms with Gasteiger partial charge in [-0.3, -0.25) is 9.69 Å². The molecule has 1 aliphatic heterocycles. The first-order valence-corrected chi connectivity index (χ1v) is 16.4. The van der Waals surface area contributed by atoms with Gasteiger partial charge in [-0.25, -0.2) is 4.79 Å². The van der Waals surface area contributed by atoms with Crippen LogP contribution in [0.1, 0.15) is 43.5 Å². The molecular formula is C34H47NO11. The van der Waals surface area contributed by atoms with E-state index < -0.39 is 76.3 Å². The number of rotatable bonds is 9. The molecule has 0 amide bonds. The Hall–Kier alpha value is -2.32. The Morgan fingerprint density at radius 1 is 1.00 bits per heavy atom. The number of nitrogens with zero attached hydrogens (tertiary/aromatic N) is 1. The average Bonchev–Trinajstić information content (AvgIpc) is 3.40. The van der Waals surface area contributed by atoms with Gasteiger partial charge >= 0.3 is 11.9 Å². The number of fused-ring (bicyclic) bond motifs is 2. The number of aliphatic hydroxyl groups excluding tert-OH is 1. The lowest BCUT2D eigenvalue weighted by atomic mass is 9.42.